The van der Waals surface area contributed by atoms with Gasteiger partial charge in [0.05, 0.1) is 0 Å². The first-order valence-electron chi connectivity index (χ1n) is 6.92. The minimum Gasteiger partial charge on any atom is -0.306 e. The molecule has 0 spiro atoms. The lowest BCUT2D eigenvalue weighted by Gasteiger charge is -2.39. The Bertz CT molecular complexity index is 425. The molecule has 0 bridgehead atoms. The molecule has 3 heteroatoms. The SMILES string of the molecule is CN1CCC(N2CCc3ccc(Cl)cc3C2)CC1. The van der Waals surface area contributed by atoms with Crippen molar-refractivity contribution in [3.8, 4) is 0 Å². The van der Waals surface area contributed by atoms with E-state index in [-0.39, 0.29) is 0 Å². The van der Waals surface area contributed by atoms with Gasteiger partial charge < -0.3 is 4.90 Å². The van der Waals surface area contributed by atoms with Crippen LogP contribution >= 0.6 is 11.6 Å². The number of nitrogens with zero attached hydrogens (tertiary/aromatic N) is 2. The molecule has 0 amide bonds. The van der Waals surface area contributed by atoms with Crippen molar-refractivity contribution in [2.24, 2.45) is 0 Å². The van der Waals surface area contributed by atoms with Gasteiger partial charge >= 0.3 is 0 Å². The standard InChI is InChI=1S/C15H21ClN2/c1-17-7-5-15(6-8-17)18-9-4-12-2-3-14(16)10-13(12)11-18/h2-3,10,15H,4-9,11H2,1H3. The Morgan fingerprint density at radius 1 is 1.11 bits per heavy atom. The molecule has 0 saturated carbocycles. The van der Waals surface area contributed by atoms with Crippen molar-refractivity contribution in [3.05, 3.63) is 34.3 Å². The van der Waals surface area contributed by atoms with Crippen LogP contribution in [0.15, 0.2) is 18.2 Å². The van der Waals surface area contributed by atoms with Gasteiger partial charge in [0.1, 0.15) is 0 Å². The molecule has 0 atom stereocenters. The summed E-state index contributed by atoms with van der Waals surface area (Å²) in [4.78, 5) is 5.09. The average molecular weight is 265 g/mol. The van der Waals surface area contributed by atoms with E-state index in [0.29, 0.717) is 0 Å². The molecule has 0 unspecified atom stereocenters. The smallest absolute Gasteiger partial charge is 0.0409 e. The fourth-order valence-electron chi connectivity index (χ4n) is 3.22. The highest BCUT2D eigenvalue weighted by molar-refractivity contribution is 6.30. The number of rotatable bonds is 1. The Balaban J connectivity index is 1.70. The van der Waals surface area contributed by atoms with E-state index >= 15 is 0 Å². The van der Waals surface area contributed by atoms with E-state index in [9.17, 15) is 0 Å². The van der Waals surface area contributed by atoms with Crippen LogP contribution in [0, 0.1) is 0 Å². The van der Waals surface area contributed by atoms with Gasteiger partial charge in [-0.1, -0.05) is 17.7 Å². The Kier molecular flexibility index (Phi) is 3.60. The summed E-state index contributed by atoms with van der Waals surface area (Å²) in [6.45, 7) is 4.78. The van der Waals surface area contributed by atoms with Crippen molar-refractivity contribution in [3.63, 3.8) is 0 Å². The predicted molar refractivity (Wildman–Crippen MR) is 76.1 cm³/mol. The molecule has 1 aromatic rings. The third-order valence-corrected chi connectivity index (χ3v) is 4.65. The number of benzene rings is 1. The fourth-order valence-corrected chi connectivity index (χ4v) is 3.41. The molecule has 0 aliphatic carbocycles. The topological polar surface area (TPSA) is 6.48 Å². The normalized spacial score (nSPS) is 23.0. The summed E-state index contributed by atoms with van der Waals surface area (Å²) < 4.78 is 0. The lowest BCUT2D eigenvalue weighted by Crippen LogP contribution is -2.45. The van der Waals surface area contributed by atoms with Gasteiger partial charge in [0.25, 0.3) is 0 Å². The van der Waals surface area contributed by atoms with Gasteiger partial charge in [0.15, 0.2) is 0 Å². The number of piperidine rings is 1. The maximum Gasteiger partial charge on any atom is 0.0409 e. The minimum absolute atomic E-state index is 0.772. The second kappa shape index (κ2) is 5.20. The number of halogens is 1. The van der Waals surface area contributed by atoms with Crippen LogP contribution in [0.1, 0.15) is 24.0 Å². The van der Waals surface area contributed by atoms with Crippen LogP contribution in [-0.2, 0) is 13.0 Å². The summed E-state index contributed by atoms with van der Waals surface area (Å²) in [6, 6.07) is 7.14. The molecule has 0 aromatic heterocycles. The second-order valence-corrected chi connectivity index (χ2v) is 6.10. The Hall–Kier alpha value is -0.570. The second-order valence-electron chi connectivity index (χ2n) is 5.67. The highest BCUT2D eigenvalue weighted by Gasteiger charge is 2.26. The van der Waals surface area contributed by atoms with E-state index < -0.39 is 0 Å². The molecule has 2 nitrogen and oxygen atoms in total. The molecule has 18 heavy (non-hydrogen) atoms. The highest BCUT2D eigenvalue weighted by atomic mass is 35.5. The van der Waals surface area contributed by atoms with E-state index in [1.165, 1.54) is 50.0 Å². The summed E-state index contributed by atoms with van der Waals surface area (Å²) >= 11 is 6.10. The molecular formula is C15H21ClN2. The van der Waals surface area contributed by atoms with Gasteiger partial charge in [0.2, 0.25) is 0 Å². The van der Waals surface area contributed by atoms with Crippen molar-refractivity contribution in [1.82, 2.24) is 9.80 Å². The Labute approximate surface area is 115 Å². The summed E-state index contributed by atoms with van der Waals surface area (Å²) in [5.74, 6) is 0. The van der Waals surface area contributed by atoms with Crippen LogP contribution < -0.4 is 0 Å². The zero-order chi connectivity index (χ0) is 12.5. The van der Waals surface area contributed by atoms with Crippen LogP contribution in [0.2, 0.25) is 5.02 Å². The van der Waals surface area contributed by atoms with Crippen molar-refractivity contribution in [2.75, 3.05) is 26.7 Å². The summed E-state index contributed by atoms with van der Waals surface area (Å²) in [7, 11) is 2.22. The minimum atomic E-state index is 0.772. The molecule has 0 radical (unpaired) electrons. The molecule has 1 fully saturated rings. The van der Waals surface area contributed by atoms with Crippen molar-refractivity contribution in [2.45, 2.75) is 31.8 Å². The van der Waals surface area contributed by atoms with Crippen LogP contribution in [0.25, 0.3) is 0 Å². The molecule has 3 rings (SSSR count). The van der Waals surface area contributed by atoms with E-state index in [1.807, 2.05) is 6.07 Å². The van der Waals surface area contributed by atoms with Gasteiger partial charge in [0, 0.05) is 24.2 Å². The molecular weight excluding hydrogens is 244 g/mol. The number of fused-ring (bicyclic) bond motifs is 1. The van der Waals surface area contributed by atoms with Crippen LogP contribution in [0.4, 0.5) is 0 Å². The first-order valence-corrected chi connectivity index (χ1v) is 7.30. The van der Waals surface area contributed by atoms with Crippen molar-refractivity contribution >= 4 is 11.6 Å². The van der Waals surface area contributed by atoms with Crippen LogP contribution in [0.3, 0.4) is 0 Å². The quantitative estimate of drug-likeness (QED) is 0.770. The fraction of sp³-hybridized carbons (Fsp3) is 0.600. The lowest BCUT2D eigenvalue weighted by atomic mass is 9.95. The number of hydrogen-bond donors (Lipinski definition) is 0. The van der Waals surface area contributed by atoms with Crippen molar-refractivity contribution in [1.29, 1.82) is 0 Å². The van der Waals surface area contributed by atoms with Crippen molar-refractivity contribution < 1.29 is 0 Å². The molecule has 1 saturated heterocycles. The third-order valence-electron chi connectivity index (χ3n) is 4.41. The van der Waals surface area contributed by atoms with E-state index in [1.54, 1.807) is 0 Å². The Morgan fingerprint density at radius 2 is 1.89 bits per heavy atom. The summed E-state index contributed by atoms with van der Waals surface area (Å²) in [5.41, 5.74) is 2.93. The molecule has 2 aliphatic heterocycles. The van der Waals surface area contributed by atoms with Crippen LogP contribution in [0.5, 0.6) is 0 Å². The third kappa shape index (κ3) is 2.56. The average Bonchev–Trinajstić information content (AvgIpc) is 2.38. The highest BCUT2D eigenvalue weighted by Crippen LogP contribution is 2.26. The first-order chi connectivity index (χ1) is 8.72. The predicted octanol–water partition coefficient (Wildman–Crippen LogP) is 2.79. The van der Waals surface area contributed by atoms with E-state index in [4.69, 9.17) is 11.6 Å². The van der Waals surface area contributed by atoms with Gasteiger partial charge in [-0.3, -0.25) is 4.90 Å². The zero-order valence-corrected chi connectivity index (χ0v) is 11.8. The number of hydrogen-bond acceptors (Lipinski definition) is 2. The molecule has 0 N–H and O–H groups in total. The largest absolute Gasteiger partial charge is 0.306 e. The first kappa shape index (κ1) is 12.5. The van der Waals surface area contributed by atoms with Gasteiger partial charge in [-0.2, -0.15) is 0 Å². The van der Waals surface area contributed by atoms with E-state index in [2.05, 4.69) is 29.0 Å². The molecule has 98 valence electrons. The number of likely N-dealkylation sites (tertiary alicyclic amines) is 1. The summed E-state index contributed by atoms with van der Waals surface area (Å²) in [6.07, 6.45) is 3.80. The van der Waals surface area contributed by atoms with Crippen LogP contribution in [-0.4, -0.2) is 42.5 Å². The molecule has 2 aliphatic rings. The maximum absolute atomic E-state index is 6.10. The van der Waals surface area contributed by atoms with E-state index in [0.717, 1.165) is 17.6 Å². The molecule has 2 heterocycles. The zero-order valence-electron chi connectivity index (χ0n) is 11.0. The van der Waals surface area contributed by atoms with Gasteiger partial charge in [-0.05, 0) is 62.7 Å². The molecule has 1 aromatic carbocycles. The van der Waals surface area contributed by atoms with Gasteiger partial charge in [-0.15, -0.1) is 0 Å². The monoisotopic (exact) mass is 264 g/mol. The maximum atomic E-state index is 6.10. The van der Waals surface area contributed by atoms with Gasteiger partial charge in [-0.25, -0.2) is 0 Å². The lowest BCUT2D eigenvalue weighted by molar-refractivity contribution is 0.109. The summed E-state index contributed by atoms with van der Waals surface area (Å²) in [5, 5.41) is 0.874. The Morgan fingerprint density at radius 3 is 2.67 bits per heavy atom.